The summed E-state index contributed by atoms with van der Waals surface area (Å²) in [5.74, 6) is 5.97. The minimum Gasteiger partial charge on any atom is -0.266 e. The summed E-state index contributed by atoms with van der Waals surface area (Å²) in [6, 6.07) is 13.2. The lowest BCUT2D eigenvalue weighted by Crippen LogP contribution is -2.07. The lowest BCUT2D eigenvalue weighted by Gasteiger charge is -2.05. The van der Waals surface area contributed by atoms with E-state index >= 15 is 0 Å². The van der Waals surface area contributed by atoms with Crippen molar-refractivity contribution in [2.75, 3.05) is 13.2 Å². The van der Waals surface area contributed by atoms with Crippen LogP contribution in [0.1, 0.15) is 49.7 Å². The van der Waals surface area contributed by atoms with Gasteiger partial charge in [-0.1, -0.05) is 53.3 Å². The summed E-state index contributed by atoms with van der Waals surface area (Å²) in [7, 11) is -7.40. The van der Waals surface area contributed by atoms with E-state index in [0.29, 0.717) is 19.3 Å². The van der Waals surface area contributed by atoms with Gasteiger partial charge < -0.3 is 0 Å². The van der Waals surface area contributed by atoms with Crippen molar-refractivity contribution in [1.82, 2.24) is 0 Å². The van der Waals surface area contributed by atoms with Gasteiger partial charge in [0.1, 0.15) is 0 Å². The quantitative estimate of drug-likeness (QED) is 0.209. The standard InChI is InChI=1S/C26H32O6S2/c1-23-13-17-25(18-14-23)33(27,28)31-21-11-9-7-5-3-4-6-8-10-12-22-32-34(29,30)26-19-15-24(2)16-20-26/h3,5,13-20H,7-12,21-22H2,1-2H3/b5-3+. The van der Waals surface area contributed by atoms with Crippen LogP contribution in [0.3, 0.4) is 0 Å². The molecule has 0 heterocycles. The van der Waals surface area contributed by atoms with Crippen molar-refractivity contribution in [2.24, 2.45) is 0 Å². The summed E-state index contributed by atoms with van der Waals surface area (Å²) >= 11 is 0. The number of hydrogen-bond donors (Lipinski definition) is 0. The second kappa shape index (κ2) is 14.1. The SMILES string of the molecule is Cc1ccc(S(=O)(=O)OCCCCC#C/C=C/CCCCOS(=O)(=O)c2ccc(C)cc2)cc1. The lowest BCUT2D eigenvalue weighted by molar-refractivity contribution is 0.308. The van der Waals surface area contributed by atoms with Gasteiger partial charge in [0.15, 0.2) is 0 Å². The van der Waals surface area contributed by atoms with Gasteiger partial charge in [0.25, 0.3) is 20.2 Å². The van der Waals surface area contributed by atoms with Crippen molar-refractivity contribution in [3.8, 4) is 11.8 Å². The van der Waals surface area contributed by atoms with E-state index in [0.717, 1.165) is 30.4 Å². The Morgan fingerprint density at radius 3 is 1.68 bits per heavy atom. The predicted molar refractivity (Wildman–Crippen MR) is 133 cm³/mol. The van der Waals surface area contributed by atoms with Gasteiger partial charge in [0.2, 0.25) is 0 Å². The van der Waals surface area contributed by atoms with Gasteiger partial charge in [-0.15, -0.1) is 0 Å². The highest BCUT2D eigenvalue weighted by atomic mass is 32.2. The molecule has 2 aromatic carbocycles. The molecule has 0 saturated carbocycles. The molecule has 0 aliphatic rings. The Hall–Kier alpha value is -2.44. The Labute approximate surface area is 204 Å². The van der Waals surface area contributed by atoms with Crippen LogP contribution in [0.2, 0.25) is 0 Å². The fraction of sp³-hybridized carbons (Fsp3) is 0.385. The topological polar surface area (TPSA) is 86.7 Å². The van der Waals surface area contributed by atoms with Crippen LogP contribution in [0.4, 0.5) is 0 Å². The van der Waals surface area contributed by atoms with Crippen molar-refractivity contribution in [3.05, 3.63) is 71.8 Å². The Morgan fingerprint density at radius 2 is 1.18 bits per heavy atom. The zero-order chi connectivity index (χ0) is 24.9. The molecule has 0 aromatic heterocycles. The zero-order valence-corrected chi connectivity index (χ0v) is 21.3. The maximum absolute atomic E-state index is 12.1. The minimum absolute atomic E-state index is 0.134. The number of rotatable bonds is 13. The van der Waals surface area contributed by atoms with E-state index in [-0.39, 0.29) is 23.0 Å². The van der Waals surface area contributed by atoms with Gasteiger partial charge >= 0.3 is 0 Å². The van der Waals surface area contributed by atoms with Crippen LogP contribution < -0.4 is 0 Å². The van der Waals surface area contributed by atoms with Crippen molar-refractivity contribution >= 4 is 20.2 Å². The predicted octanol–water partition coefficient (Wildman–Crippen LogP) is 5.31. The summed E-state index contributed by atoms with van der Waals surface area (Å²) in [5, 5.41) is 0. The smallest absolute Gasteiger partial charge is 0.266 e. The van der Waals surface area contributed by atoms with Crippen molar-refractivity contribution < 1.29 is 25.2 Å². The number of aryl methyl sites for hydroxylation is 2. The fourth-order valence-corrected chi connectivity index (χ4v) is 4.72. The average molecular weight is 505 g/mol. The highest BCUT2D eigenvalue weighted by Gasteiger charge is 2.15. The lowest BCUT2D eigenvalue weighted by atomic mass is 10.2. The molecule has 34 heavy (non-hydrogen) atoms. The molecule has 8 heteroatoms. The summed E-state index contributed by atoms with van der Waals surface area (Å²) < 4.78 is 58.4. The first-order chi connectivity index (χ1) is 16.2. The van der Waals surface area contributed by atoms with Crippen molar-refractivity contribution in [3.63, 3.8) is 0 Å². The van der Waals surface area contributed by atoms with Gasteiger partial charge in [0.05, 0.1) is 23.0 Å². The molecule has 0 radical (unpaired) electrons. The second-order valence-corrected chi connectivity index (χ2v) is 11.1. The van der Waals surface area contributed by atoms with Crippen LogP contribution >= 0.6 is 0 Å². The molecule has 0 fully saturated rings. The largest absolute Gasteiger partial charge is 0.296 e. The van der Waals surface area contributed by atoms with Crippen LogP contribution in [-0.2, 0) is 28.6 Å². The number of hydrogen-bond acceptors (Lipinski definition) is 6. The van der Waals surface area contributed by atoms with Crippen LogP contribution in [0.5, 0.6) is 0 Å². The van der Waals surface area contributed by atoms with Crippen LogP contribution in [0, 0.1) is 25.7 Å². The molecule has 0 aliphatic heterocycles. The van der Waals surface area contributed by atoms with E-state index in [1.807, 2.05) is 19.9 Å². The summed E-state index contributed by atoms with van der Waals surface area (Å²) in [5.41, 5.74) is 1.98. The summed E-state index contributed by atoms with van der Waals surface area (Å²) in [6.45, 7) is 4.08. The van der Waals surface area contributed by atoms with Crippen LogP contribution in [0.25, 0.3) is 0 Å². The fourth-order valence-electron chi connectivity index (χ4n) is 2.84. The summed E-state index contributed by atoms with van der Waals surface area (Å²) in [6.07, 6.45) is 7.95. The molecular formula is C26H32O6S2. The molecular weight excluding hydrogens is 472 g/mol. The Morgan fingerprint density at radius 1 is 0.706 bits per heavy atom. The third kappa shape index (κ3) is 10.2. The summed E-state index contributed by atoms with van der Waals surface area (Å²) in [4.78, 5) is 0.343. The average Bonchev–Trinajstić information content (AvgIpc) is 2.80. The van der Waals surface area contributed by atoms with Gasteiger partial charge in [-0.05, 0) is 76.3 Å². The third-order valence-corrected chi connectivity index (χ3v) is 7.51. The molecule has 0 unspecified atom stereocenters. The zero-order valence-electron chi connectivity index (χ0n) is 19.7. The molecule has 0 atom stereocenters. The molecule has 6 nitrogen and oxygen atoms in total. The third-order valence-electron chi connectivity index (χ3n) is 4.86. The second-order valence-electron chi connectivity index (χ2n) is 7.85. The maximum atomic E-state index is 12.1. The van der Waals surface area contributed by atoms with Gasteiger partial charge in [0, 0.05) is 6.42 Å². The molecule has 0 N–H and O–H groups in total. The molecule has 0 bridgehead atoms. The maximum Gasteiger partial charge on any atom is 0.296 e. The van der Waals surface area contributed by atoms with Crippen LogP contribution in [0.15, 0.2) is 70.5 Å². The molecule has 0 saturated heterocycles. The first kappa shape index (κ1) is 27.8. The highest BCUT2D eigenvalue weighted by molar-refractivity contribution is 7.87. The Kier molecular flexibility index (Phi) is 11.5. The molecule has 2 aromatic rings. The van der Waals surface area contributed by atoms with Gasteiger partial charge in [-0.3, -0.25) is 8.37 Å². The van der Waals surface area contributed by atoms with E-state index in [9.17, 15) is 16.8 Å². The first-order valence-corrected chi connectivity index (χ1v) is 14.1. The van der Waals surface area contributed by atoms with E-state index in [1.54, 1.807) is 54.6 Å². The van der Waals surface area contributed by atoms with E-state index in [2.05, 4.69) is 11.8 Å². The monoisotopic (exact) mass is 504 g/mol. The van der Waals surface area contributed by atoms with Crippen molar-refractivity contribution in [1.29, 1.82) is 0 Å². The van der Waals surface area contributed by atoms with Crippen molar-refractivity contribution in [2.45, 2.75) is 62.2 Å². The first-order valence-electron chi connectivity index (χ1n) is 11.3. The highest BCUT2D eigenvalue weighted by Crippen LogP contribution is 2.15. The van der Waals surface area contributed by atoms with E-state index in [4.69, 9.17) is 8.37 Å². The minimum atomic E-state index is -3.71. The number of unbranched alkanes of at least 4 members (excludes halogenated alkanes) is 4. The number of allylic oxidation sites excluding steroid dienone is 2. The van der Waals surface area contributed by atoms with Gasteiger partial charge in [-0.2, -0.15) is 16.8 Å². The molecule has 2 rings (SSSR count). The molecule has 0 spiro atoms. The normalized spacial score (nSPS) is 11.9. The van der Waals surface area contributed by atoms with E-state index in [1.165, 1.54) is 0 Å². The Bertz CT molecular complexity index is 1180. The molecule has 184 valence electrons. The molecule has 0 aliphatic carbocycles. The number of benzene rings is 2. The molecule has 0 amide bonds. The van der Waals surface area contributed by atoms with E-state index < -0.39 is 20.2 Å². The Balaban J connectivity index is 1.52. The van der Waals surface area contributed by atoms with Gasteiger partial charge in [-0.25, -0.2) is 0 Å². The van der Waals surface area contributed by atoms with Crippen LogP contribution in [-0.4, -0.2) is 30.0 Å².